The molecule has 2 heterocycles. The van der Waals surface area contributed by atoms with Crippen molar-refractivity contribution in [2.75, 3.05) is 0 Å². The molecule has 2 aromatic carbocycles. The molecular weight excluding hydrogens is 493 g/mol. The predicted octanol–water partition coefficient (Wildman–Crippen LogP) is 5.32. The lowest BCUT2D eigenvalue weighted by Gasteiger charge is -2.23. The zero-order valence-corrected chi connectivity index (χ0v) is 21.5. The topological polar surface area (TPSA) is 102 Å². The van der Waals surface area contributed by atoms with Crippen molar-refractivity contribution in [3.8, 4) is 17.0 Å². The van der Waals surface area contributed by atoms with Gasteiger partial charge in [-0.2, -0.15) is 4.98 Å². The van der Waals surface area contributed by atoms with E-state index in [1.54, 1.807) is 0 Å². The normalized spacial score (nSPS) is 12.4. The third kappa shape index (κ3) is 5.32. The summed E-state index contributed by atoms with van der Waals surface area (Å²) in [6.45, 7) is 3.91. The van der Waals surface area contributed by atoms with Crippen LogP contribution in [0.1, 0.15) is 50.5 Å². The van der Waals surface area contributed by atoms with Gasteiger partial charge in [0.05, 0.1) is 17.1 Å². The van der Waals surface area contributed by atoms with Gasteiger partial charge in [0.15, 0.2) is 4.90 Å². The molecule has 0 spiro atoms. The number of nitrogens with zero attached hydrogens (tertiary/aromatic N) is 3. The molecule has 0 amide bonds. The second-order valence-electron chi connectivity index (χ2n) is 8.71. The van der Waals surface area contributed by atoms with E-state index in [-0.39, 0.29) is 4.90 Å². The van der Waals surface area contributed by atoms with Crippen molar-refractivity contribution in [1.82, 2.24) is 14.5 Å². The third-order valence-corrected chi connectivity index (χ3v) is 8.02. The molecule has 192 valence electrons. The number of rotatable bonds is 9. The average Bonchev–Trinajstić information content (AvgIpc) is 2.89. The maximum Gasteiger partial charge on any atom is 0.277 e. The fraction of sp³-hybridized carbons (Fsp3) is 0.250. The molecule has 0 saturated carbocycles. The maximum atomic E-state index is 13.8. The summed E-state index contributed by atoms with van der Waals surface area (Å²) in [4.78, 5) is 20.9. The van der Waals surface area contributed by atoms with Crippen LogP contribution in [-0.2, 0) is 16.3 Å². The highest BCUT2D eigenvalue weighted by atomic mass is 32.2. The first-order valence-corrected chi connectivity index (χ1v) is 13.6. The highest BCUT2D eigenvalue weighted by Gasteiger charge is 2.31. The summed E-state index contributed by atoms with van der Waals surface area (Å²) in [6.07, 6.45) is 5.03. The van der Waals surface area contributed by atoms with Crippen LogP contribution in [0.25, 0.3) is 11.1 Å². The van der Waals surface area contributed by atoms with Crippen LogP contribution in [0.4, 0.5) is 4.39 Å². The smallest absolute Gasteiger partial charge is 0.277 e. The molecule has 9 heteroatoms. The SMILES string of the molecule is CCCCc1nc(O)c(S(=O)(=O)c2ccc(-c3cncc(F)c3)cc2)c(=O)n1[C@@H](CC)c1ccccc1. The van der Waals surface area contributed by atoms with Crippen molar-refractivity contribution in [2.24, 2.45) is 0 Å². The van der Waals surface area contributed by atoms with Gasteiger partial charge in [-0.05, 0) is 42.2 Å². The lowest BCUT2D eigenvalue weighted by Crippen LogP contribution is -2.33. The molecule has 0 unspecified atom stereocenters. The Bertz CT molecular complexity index is 1550. The van der Waals surface area contributed by atoms with Crippen LogP contribution in [-0.4, -0.2) is 28.1 Å². The molecule has 37 heavy (non-hydrogen) atoms. The highest BCUT2D eigenvalue weighted by Crippen LogP contribution is 2.30. The molecule has 0 aliphatic carbocycles. The predicted molar refractivity (Wildman–Crippen MR) is 139 cm³/mol. The van der Waals surface area contributed by atoms with E-state index in [9.17, 15) is 22.7 Å². The maximum absolute atomic E-state index is 13.8. The van der Waals surface area contributed by atoms with Gasteiger partial charge in [-0.1, -0.05) is 62.7 Å². The summed E-state index contributed by atoms with van der Waals surface area (Å²) < 4.78 is 42.2. The quantitative estimate of drug-likeness (QED) is 0.320. The largest absolute Gasteiger partial charge is 0.492 e. The van der Waals surface area contributed by atoms with E-state index >= 15 is 0 Å². The van der Waals surface area contributed by atoms with Crippen LogP contribution >= 0.6 is 0 Å². The monoisotopic (exact) mass is 521 g/mol. The van der Waals surface area contributed by atoms with Crippen molar-refractivity contribution in [3.05, 3.63) is 101 Å². The number of hydrogen-bond acceptors (Lipinski definition) is 6. The van der Waals surface area contributed by atoms with Gasteiger partial charge in [-0.15, -0.1) is 0 Å². The standard InChI is InChI=1S/C28H28FN3O4S/c1-3-5-11-25-31-27(33)26(28(34)32(25)24(4-2)20-9-7-6-8-10-20)37(35,36)23-14-12-19(13-15-23)21-16-22(29)18-30-17-21/h6-10,12-18,24,33H,3-5,11H2,1-2H3/t24-/m0/s1. The number of unbranched alkanes of at least 4 members (excludes halogenated alkanes) is 1. The number of sulfone groups is 1. The molecule has 1 atom stereocenters. The van der Waals surface area contributed by atoms with Gasteiger partial charge in [0.2, 0.25) is 15.7 Å². The Morgan fingerprint density at radius 2 is 1.70 bits per heavy atom. The Morgan fingerprint density at radius 1 is 1.00 bits per heavy atom. The Labute approximate surface area is 215 Å². The second kappa shape index (κ2) is 11.0. The van der Waals surface area contributed by atoms with Crippen LogP contribution in [0, 0.1) is 5.82 Å². The fourth-order valence-electron chi connectivity index (χ4n) is 4.37. The molecule has 0 bridgehead atoms. The summed E-state index contributed by atoms with van der Waals surface area (Å²) in [5.41, 5.74) is 1.06. The van der Waals surface area contributed by atoms with Crippen LogP contribution in [0.15, 0.2) is 87.6 Å². The Morgan fingerprint density at radius 3 is 2.32 bits per heavy atom. The lowest BCUT2D eigenvalue weighted by atomic mass is 10.0. The van der Waals surface area contributed by atoms with E-state index in [1.165, 1.54) is 41.1 Å². The van der Waals surface area contributed by atoms with Gasteiger partial charge in [0.25, 0.3) is 5.56 Å². The Hall–Kier alpha value is -3.85. The van der Waals surface area contributed by atoms with Gasteiger partial charge >= 0.3 is 0 Å². The molecule has 2 aromatic heterocycles. The zero-order valence-electron chi connectivity index (χ0n) is 20.6. The van der Waals surface area contributed by atoms with Gasteiger partial charge in [0, 0.05) is 18.2 Å². The summed E-state index contributed by atoms with van der Waals surface area (Å²) in [7, 11) is -4.43. The van der Waals surface area contributed by atoms with E-state index in [2.05, 4.69) is 9.97 Å². The molecule has 7 nitrogen and oxygen atoms in total. The molecule has 0 radical (unpaired) electrons. The summed E-state index contributed by atoms with van der Waals surface area (Å²) in [5.74, 6) is -0.987. The van der Waals surface area contributed by atoms with Crippen molar-refractivity contribution < 1.29 is 17.9 Å². The van der Waals surface area contributed by atoms with E-state index < -0.39 is 38.0 Å². The number of pyridine rings is 1. The number of benzene rings is 2. The fourth-order valence-corrected chi connectivity index (χ4v) is 5.72. The van der Waals surface area contributed by atoms with Crippen molar-refractivity contribution in [3.63, 3.8) is 0 Å². The van der Waals surface area contributed by atoms with E-state index in [1.807, 2.05) is 44.2 Å². The minimum absolute atomic E-state index is 0.185. The molecule has 0 aliphatic rings. The van der Waals surface area contributed by atoms with E-state index in [0.29, 0.717) is 29.8 Å². The first kappa shape index (κ1) is 26.2. The Kier molecular flexibility index (Phi) is 7.83. The van der Waals surface area contributed by atoms with Crippen LogP contribution < -0.4 is 5.56 Å². The molecule has 0 fully saturated rings. The molecule has 4 rings (SSSR count). The molecular formula is C28H28FN3O4S. The van der Waals surface area contributed by atoms with Crippen LogP contribution in [0.2, 0.25) is 0 Å². The zero-order chi connectivity index (χ0) is 26.6. The molecule has 1 N–H and O–H groups in total. The molecule has 4 aromatic rings. The summed E-state index contributed by atoms with van der Waals surface area (Å²) >= 11 is 0. The number of aromatic hydroxyl groups is 1. The number of aromatic nitrogens is 3. The average molecular weight is 522 g/mol. The highest BCUT2D eigenvalue weighted by molar-refractivity contribution is 7.91. The van der Waals surface area contributed by atoms with Crippen molar-refractivity contribution in [2.45, 2.75) is 55.4 Å². The number of hydrogen-bond donors (Lipinski definition) is 1. The van der Waals surface area contributed by atoms with Gasteiger partial charge < -0.3 is 5.11 Å². The Balaban J connectivity index is 1.85. The minimum Gasteiger partial charge on any atom is -0.492 e. The van der Waals surface area contributed by atoms with E-state index in [0.717, 1.165) is 24.6 Å². The number of halogens is 1. The van der Waals surface area contributed by atoms with Crippen molar-refractivity contribution >= 4 is 9.84 Å². The number of aryl methyl sites for hydroxylation is 1. The summed E-state index contributed by atoms with van der Waals surface area (Å²) in [6, 6.07) is 15.8. The van der Waals surface area contributed by atoms with Gasteiger partial charge in [-0.25, -0.2) is 12.8 Å². The van der Waals surface area contributed by atoms with Crippen molar-refractivity contribution in [1.29, 1.82) is 0 Å². The minimum atomic E-state index is -4.43. The first-order valence-electron chi connectivity index (χ1n) is 12.1. The van der Waals surface area contributed by atoms with E-state index in [4.69, 9.17) is 0 Å². The van der Waals surface area contributed by atoms with Crippen LogP contribution in [0.3, 0.4) is 0 Å². The van der Waals surface area contributed by atoms with Gasteiger partial charge in [0.1, 0.15) is 11.6 Å². The van der Waals surface area contributed by atoms with Gasteiger partial charge in [-0.3, -0.25) is 14.3 Å². The first-order chi connectivity index (χ1) is 17.8. The molecule has 0 aliphatic heterocycles. The lowest BCUT2D eigenvalue weighted by molar-refractivity contribution is 0.406. The second-order valence-corrected chi connectivity index (χ2v) is 10.6. The van der Waals surface area contributed by atoms with Crippen LogP contribution in [0.5, 0.6) is 5.88 Å². The third-order valence-electron chi connectivity index (χ3n) is 6.24. The molecule has 0 saturated heterocycles. The summed E-state index contributed by atoms with van der Waals surface area (Å²) in [5, 5.41) is 10.7.